The van der Waals surface area contributed by atoms with Gasteiger partial charge in [-0.2, -0.15) is 0 Å². The van der Waals surface area contributed by atoms with Gasteiger partial charge in [0.2, 0.25) is 6.86 Å². The smallest absolute Gasteiger partial charge is 0.228 e. The van der Waals surface area contributed by atoms with Crippen LogP contribution < -0.4 is 4.74 Å². The molecule has 0 saturated heterocycles. The first kappa shape index (κ1) is 18.7. The first-order valence-corrected chi connectivity index (χ1v) is 10.1. The van der Waals surface area contributed by atoms with Crippen LogP contribution in [0.4, 0.5) is 4.39 Å². The molecule has 0 fully saturated rings. The van der Waals surface area contributed by atoms with Crippen LogP contribution in [-0.4, -0.2) is 28.3 Å². The number of nitrogens with zero attached hydrogens (tertiary/aromatic N) is 3. The van der Waals surface area contributed by atoms with Gasteiger partial charge in [-0.15, -0.1) is 0 Å². The number of alkyl halides is 1. The highest BCUT2D eigenvalue weighted by atomic mass is 19.1. The highest BCUT2D eigenvalue weighted by Crippen LogP contribution is 2.38. The number of benzene rings is 2. The van der Waals surface area contributed by atoms with E-state index in [9.17, 15) is 4.39 Å². The molecule has 2 aromatic carbocycles. The lowest BCUT2D eigenvalue weighted by Crippen LogP contribution is -2.20. The molecule has 0 atom stereocenters. The second-order valence-electron chi connectivity index (χ2n) is 7.51. The number of halogens is 1. The normalized spacial score (nSPS) is 13.5. The van der Waals surface area contributed by atoms with Crippen molar-refractivity contribution in [2.24, 2.45) is 0 Å². The minimum absolute atomic E-state index is 0.636. The summed E-state index contributed by atoms with van der Waals surface area (Å²) < 4.78 is 18.2. The van der Waals surface area contributed by atoms with Crippen molar-refractivity contribution < 1.29 is 9.13 Å². The molecular weight excluding hydrogens is 377 g/mol. The van der Waals surface area contributed by atoms with Gasteiger partial charge in [0, 0.05) is 55.1 Å². The summed E-state index contributed by atoms with van der Waals surface area (Å²) >= 11 is 0. The van der Waals surface area contributed by atoms with Crippen LogP contribution in [0.15, 0.2) is 73.1 Å². The van der Waals surface area contributed by atoms with E-state index in [1.165, 1.54) is 5.56 Å². The summed E-state index contributed by atoms with van der Waals surface area (Å²) in [6, 6.07) is 20.3. The van der Waals surface area contributed by atoms with Gasteiger partial charge in [0.15, 0.2) is 0 Å². The number of hydrogen-bond acceptors (Lipinski definition) is 4. The molecule has 30 heavy (non-hydrogen) atoms. The lowest BCUT2D eigenvalue weighted by molar-refractivity contribution is 0.188. The minimum Gasteiger partial charge on any atom is -0.463 e. The third-order valence-electron chi connectivity index (χ3n) is 5.69. The minimum atomic E-state index is -0.817. The van der Waals surface area contributed by atoms with Crippen LogP contribution in [0.5, 0.6) is 5.75 Å². The van der Waals surface area contributed by atoms with E-state index >= 15 is 0 Å². The van der Waals surface area contributed by atoms with Crippen molar-refractivity contribution in [3.8, 4) is 16.9 Å². The zero-order valence-corrected chi connectivity index (χ0v) is 16.6. The first-order chi connectivity index (χ1) is 14.8. The predicted octanol–water partition coefficient (Wildman–Crippen LogP) is 5.16. The molecule has 5 rings (SSSR count). The Morgan fingerprint density at radius 2 is 1.73 bits per heavy atom. The topological polar surface area (TPSA) is 38.2 Å². The number of hydrogen-bond donors (Lipinski definition) is 0. The summed E-state index contributed by atoms with van der Waals surface area (Å²) in [5, 5.41) is 1.16. The van der Waals surface area contributed by atoms with E-state index in [1.54, 1.807) is 12.4 Å². The SMILES string of the molecule is FCOc1ccc(-c2ccncc2)c2c1CN(CCc1ccc3ccccc3n1)C2. The van der Waals surface area contributed by atoms with E-state index in [1.807, 2.05) is 42.5 Å². The monoisotopic (exact) mass is 399 g/mol. The summed E-state index contributed by atoms with van der Waals surface area (Å²) in [4.78, 5) is 11.3. The van der Waals surface area contributed by atoms with Gasteiger partial charge in [0.25, 0.3) is 0 Å². The van der Waals surface area contributed by atoms with Crippen molar-refractivity contribution in [3.05, 3.63) is 89.9 Å². The summed E-state index contributed by atoms with van der Waals surface area (Å²) in [5.74, 6) is 0.636. The number of pyridine rings is 2. The highest BCUT2D eigenvalue weighted by Gasteiger charge is 2.25. The maximum Gasteiger partial charge on any atom is 0.228 e. The van der Waals surface area contributed by atoms with Crippen molar-refractivity contribution in [3.63, 3.8) is 0 Å². The molecule has 1 aliphatic heterocycles. The van der Waals surface area contributed by atoms with Crippen LogP contribution in [0.1, 0.15) is 16.8 Å². The molecular formula is C25H22FN3O. The Balaban J connectivity index is 1.38. The van der Waals surface area contributed by atoms with E-state index in [2.05, 4.69) is 28.1 Å². The predicted molar refractivity (Wildman–Crippen MR) is 116 cm³/mol. The van der Waals surface area contributed by atoms with Gasteiger partial charge >= 0.3 is 0 Å². The van der Waals surface area contributed by atoms with Crippen LogP contribution in [0, 0.1) is 0 Å². The van der Waals surface area contributed by atoms with Gasteiger partial charge in [-0.25, -0.2) is 4.39 Å². The standard InChI is InChI=1S/C25H22FN3O/c26-17-30-25-8-7-21(18-9-12-27-13-10-18)22-15-29(16-23(22)25)14-11-20-6-5-19-3-1-2-4-24(19)28-20/h1-10,12-13H,11,14-17H2. The fourth-order valence-corrected chi connectivity index (χ4v) is 4.20. The van der Waals surface area contributed by atoms with E-state index in [0.717, 1.165) is 59.3 Å². The molecule has 0 bridgehead atoms. The Hall–Kier alpha value is -3.31. The maximum atomic E-state index is 12.9. The molecule has 4 nitrogen and oxygen atoms in total. The molecule has 0 saturated carbocycles. The van der Waals surface area contributed by atoms with Gasteiger partial charge in [-0.05, 0) is 47.0 Å². The molecule has 2 aromatic heterocycles. The molecule has 1 aliphatic rings. The molecule has 0 unspecified atom stereocenters. The molecule has 4 aromatic rings. The van der Waals surface area contributed by atoms with Crippen molar-refractivity contribution in [1.29, 1.82) is 0 Å². The van der Waals surface area contributed by atoms with Gasteiger partial charge in [0.1, 0.15) is 5.75 Å². The third kappa shape index (κ3) is 3.64. The molecule has 0 spiro atoms. The number of para-hydroxylation sites is 1. The quantitative estimate of drug-likeness (QED) is 0.449. The molecule has 5 heteroatoms. The lowest BCUT2D eigenvalue weighted by Gasteiger charge is -2.15. The molecule has 150 valence electrons. The van der Waals surface area contributed by atoms with E-state index in [-0.39, 0.29) is 0 Å². The Morgan fingerprint density at radius 1 is 0.900 bits per heavy atom. The average Bonchev–Trinajstić information content (AvgIpc) is 3.23. The molecule has 0 amide bonds. The fraction of sp³-hybridized carbons (Fsp3) is 0.200. The Bertz CT molecular complexity index is 1180. The van der Waals surface area contributed by atoms with Crippen molar-refractivity contribution in [1.82, 2.24) is 14.9 Å². The number of ether oxygens (including phenoxy) is 1. The van der Waals surface area contributed by atoms with Crippen LogP contribution in [0.25, 0.3) is 22.0 Å². The van der Waals surface area contributed by atoms with Crippen LogP contribution in [-0.2, 0) is 19.5 Å². The Morgan fingerprint density at radius 3 is 2.60 bits per heavy atom. The number of aromatic nitrogens is 2. The van der Waals surface area contributed by atoms with Crippen LogP contribution >= 0.6 is 0 Å². The summed E-state index contributed by atoms with van der Waals surface area (Å²) in [5.41, 5.74) is 6.67. The summed E-state index contributed by atoms with van der Waals surface area (Å²) in [6.45, 7) is 1.62. The van der Waals surface area contributed by atoms with Crippen LogP contribution in [0.2, 0.25) is 0 Å². The van der Waals surface area contributed by atoms with Gasteiger partial charge in [-0.3, -0.25) is 14.9 Å². The molecule has 0 radical (unpaired) electrons. The van der Waals surface area contributed by atoms with Crippen molar-refractivity contribution in [2.45, 2.75) is 19.5 Å². The van der Waals surface area contributed by atoms with E-state index in [0.29, 0.717) is 5.75 Å². The van der Waals surface area contributed by atoms with E-state index in [4.69, 9.17) is 9.72 Å². The fourth-order valence-electron chi connectivity index (χ4n) is 4.20. The Kier molecular flexibility index (Phi) is 5.11. The molecule has 3 heterocycles. The molecule has 0 aliphatic carbocycles. The second-order valence-corrected chi connectivity index (χ2v) is 7.51. The summed E-state index contributed by atoms with van der Waals surface area (Å²) in [6.07, 6.45) is 4.46. The number of fused-ring (bicyclic) bond motifs is 2. The third-order valence-corrected chi connectivity index (χ3v) is 5.69. The van der Waals surface area contributed by atoms with E-state index < -0.39 is 6.86 Å². The van der Waals surface area contributed by atoms with Crippen LogP contribution in [0.3, 0.4) is 0 Å². The van der Waals surface area contributed by atoms with Crippen molar-refractivity contribution >= 4 is 10.9 Å². The maximum absolute atomic E-state index is 12.9. The first-order valence-electron chi connectivity index (χ1n) is 10.1. The highest BCUT2D eigenvalue weighted by molar-refractivity contribution is 5.78. The summed E-state index contributed by atoms with van der Waals surface area (Å²) in [7, 11) is 0. The largest absolute Gasteiger partial charge is 0.463 e. The zero-order chi connectivity index (χ0) is 20.3. The Labute approximate surface area is 175 Å². The zero-order valence-electron chi connectivity index (χ0n) is 16.6. The lowest BCUT2D eigenvalue weighted by atomic mass is 9.97. The van der Waals surface area contributed by atoms with Crippen molar-refractivity contribution in [2.75, 3.05) is 13.4 Å². The van der Waals surface area contributed by atoms with Gasteiger partial charge in [0.05, 0.1) is 5.52 Å². The second kappa shape index (κ2) is 8.20. The van der Waals surface area contributed by atoms with Gasteiger partial charge < -0.3 is 4.74 Å². The van der Waals surface area contributed by atoms with Gasteiger partial charge in [-0.1, -0.05) is 30.3 Å². The average molecular weight is 399 g/mol. The molecule has 0 N–H and O–H groups in total. The number of rotatable bonds is 6.